The Hall–Kier alpha value is -5.53. The van der Waals surface area contributed by atoms with Crippen LogP contribution in [0, 0.1) is 0 Å². The van der Waals surface area contributed by atoms with Gasteiger partial charge in [-0.05, 0) is 33.9 Å². The Morgan fingerprint density at radius 1 is 0.642 bits per heavy atom. The van der Waals surface area contributed by atoms with Crippen molar-refractivity contribution < 1.29 is 0 Å². The van der Waals surface area contributed by atoms with Crippen LogP contribution in [0.1, 0.15) is 43.0 Å². The number of fused-ring (bicyclic) bond motifs is 4. The molecule has 2 aromatic heterocycles. The Morgan fingerprint density at radius 2 is 1.30 bits per heavy atom. The average Bonchev–Trinajstić information content (AvgIpc) is 3.61. The number of anilines is 3. The van der Waals surface area contributed by atoms with Crippen LogP contribution >= 0.6 is 0 Å². The molecule has 2 heterocycles. The summed E-state index contributed by atoms with van der Waals surface area (Å²) in [5.41, 5.74) is 17.2. The van der Waals surface area contributed by atoms with Crippen molar-refractivity contribution in [3.8, 4) is 27.9 Å². The fourth-order valence-corrected chi connectivity index (χ4v) is 10.1. The van der Waals surface area contributed by atoms with Gasteiger partial charge < -0.3 is 0 Å². The molecule has 4 heteroatoms. The van der Waals surface area contributed by atoms with Crippen LogP contribution in [0.5, 0.6) is 0 Å². The van der Waals surface area contributed by atoms with E-state index in [1.54, 1.807) is 0 Å². The van der Waals surface area contributed by atoms with Gasteiger partial charge in [0.25, 0.3) is 0 Å². The zero-order chi connectivity index (χ0) is 36.1. The van der Waals surface area contributed by atoms with Gasteiger partial charge in [0.05, 0.1) is 0 Å². The molecule has 1 aliphatic rings. The van der Waals surface area contributed by atoms with Crippen molar-refractivity contribution in [2.24, 2.45) is 0 Å². The van der Waals surface area contributed by atoms with E-state index in [1.807, 2.05) is 18.5 Å². The average molecular weight is 873 g/mol. The molecule has 1 aliphatic carbocycles. The van der Waals surface area contributed by atoms with Crippen molar-refractivity contribution in [3.05, 3.63) is 192 Å². The minimum atomic E-state index is -0.0408. The number of aromatic nitrogens is 2. The Labute approximate surface area is 327 Å². The fourth-order valence-electron chi connectivity index (χ4n) is 8.10. The second-order valence-corrected chi connectivity index (χ2v) is 16.5. The molecular weight excluding hydrogens is 835 g/mol. The molecule has 53 heavy (non-hydrogen) atoms. The molecule has 6 aromatic carbocycles. The number of rotatable bonds is 7. The summed E-state index contributed by atoms with van der Waals surface area (Å²) in [7, 11) is 0. The molecule has 3 nitrogen and oxygen atoms in total. The van der Waals surface area contributed by atoms with Crippen LogP contribution in [0.4, 0.5) is 17.1 Å². The van der Waals surface area contributed by atoms with E-state index in [0.29, 0.717) is 25.8 Å². The fraction of sp³-hybridized carbons (Fsp3) is 0.0816. The molecule has 8 aromatic rings. The third kappa shape index (κ3) is 5.84. The molecule has 0 bridgehead atoms. The van der Waals surface area contributed by atoms with Crippen LogP contribution in [0.2, 0.25) is 0 Å². The van der Waals surface area contributed by atoms with Crippen molar-refractivity contribution in [1.82, 2.24) is 9.55 Å². The molecule has 0 saturated heterocycles. The Bertz CT molecular complexity index is 2640. The van der Waals surface area contributed by atoms with Crippen molar-refractivity contribution in [2.45, 2.75) is 26.2 Å². The summed E-state index contributed by atoms with van der Waals surface area (Å²) in [6, 6.07) is 57.4. The van der Waals surface area contributed by atoms with E-state index in [4.69, 9.17) is 0 Å². The maximum absolute atomic E-state index is 4.35. The maximum atomic E-state index is 4.35. The summed E-state index contributed by atoms with van der Waals surface area (Å²) in [5.74, 6) is 0. The standard InChI is InChI=1S/C49H38N3.Tl/c1-34(30-38-33-51(39-13-5-4-6-14-39)48-18-10-8-15-43(38)48)35-19-23-40(24-20-35)52(41-25-21-36(22-26-41)37-12-11-29-50-32-37)42-27-28-47-45(31-42)44-16-7-9-17-46(44)49(47,2)3;/h4-32H,1-3H3;/b34-30+;. The van der Waals surface area contributed by atoms with Gasteiger partial charge in [0.15, 0.2) is 0 Å². The second kappa shape index (κ2) is 13.5. The van der Waals surface area contributed by atoms with Crippen LogP contribution in [-0.4, -0.2) is 35.3 Å². The minimum absolute atomic E-state index is 0.0408. The van der Waals surface area contributed by atoms with E-state index in [0.717, 1.165) is 28.2 Å². The second-order valence-electron chi connectivity index (χ2n) is 14.4. The Balaban J connectivity index is 1.12. The van der Waals surface area contributed by atoms with E-state index in [2.05, 4.69) is 193 Å². The zero-order valence-electron chi connectivity index (χ0n) is 30.2. The molecule has 9 rings (SSSR count). The first-order chi connectivity index (χ1) is 25.9. The number of allylic oxidation sites excluding steroid dienone is 1. The normalized spacial score (nSPS) is 13.1. The monoisotopic (exact) mass is 873 g/mol. The summed E-state index contributed by atoms with van der Waals surface area (Å²) in [4.78, 5) is 6.73. The van der Waals surface area contributed by atoms with Gasteiger partial charge in [-0.3, -0.25) is 4.98 Å². The molecule has 0 saturated carbocycles. The van der Waals surface area contributed by atoms with Gasteiger partial charge in [-0.1, -0.05) is 44.2 Å². The number of nitrogens with zero attached hydrogens (tertiary/aromatic N) is 3. The van der Waals surface area contributed by atoms with Crippen LogP contribution in [0.25, 0.3) is 50.5 Å². The summed E-state index contributed by atoms with van der Waals surface area (Å²) in [5, 5.41) is 1.30. The van der Waals surface area contributed by atoms with Gasteiger partial charge in [-0.15, -0.1) is 0 Å². The number of para-hydroxylation sites is 2. The molecule has 0 unspecified atom stereocenters. The first-order valence-corrected chi connectivity index (χ1v) is 20.4. The SMILES string of the molecule is C/C(=C\c1[c]([Tl])n(-c2ccccc2)c2ccccc12)c1ccc(N(c2ccc(-c3cccnc3)cc2)c2ccc3c(c2)-c2ccccc2C3(C)C)cc1. The van der Waals surface area contributed by atoms with Gasteiger partial charge in [0.2, 0.25) is 0 Å². The van der Waals surface area contributed by atoms with Gasteiger partial charge in [0.1, 0.15) is 0 Å². The van der Waals surface area contributed by atoms with Gasteiger partial charge in [-0.25, -0.2) is 0 Å². The van der Waals surface area contributed by atoms with Crippen LogP contribution in [0.3, 0.4) is 0 Å². The number of hydrogen-bond acceptors (Lipinski definition) is 2. The molecule has 0 radical (unpaired) electrons. The number of pyridine rings is 1. The Morgan fingerprint density at radius 3 is 2.06 bits per heavy atom. The third-order valence-electron chi connectivity index (χ3n) is 10.9. The molecule has 0 aliphatic heterocycles. The van der Waals surface area contributed by atoms with Gasteiger partial charge in [-0.2, -0.15) is 0 Å². The van der Waals surface area contributed by atoms with E-state index < -0.39 is 0 Å². The molecule has 0 amide bonds. The van der Waals surface area contributed by atoms with E-state index in [1.165, 1.54) is 58.8 Å². The topological polar surface area (TPSA) is 21.1 Å². The van der Waals surface area contributed by atoms with Gasteiger partial charge in [0, 0.05) is 17.8 Å². The molecule has 0 spiro atoms. The molecular formula is C49H38N3Tl. The van der Waals surface area contributed by atoms with Crippen LogP contribution in [0.15, 0.2) is 170 Å². The summed E-state index contributed by atoms with van der Waals surface area (Å²) in [6.45, 7) is 6.91. The summed E-state index contributed by atoms with van der Waals surface area (Å²) in [6.07, 6.45) is 6.13. The molecule has 0 fully saturated rings. The molecule has 252 valence electrons. The predicted octanol–water partition coefficient (Wildman–Crippen LogP) is 11.8. The van der Waals surface area contributed by atoms with Crippen molar-refractivity contribution in [3.63, 3.8) is 0 Å². The van der Waals surface area contributed by atoms with E-state index >= 15 is 0 Å². The van der Waals surface area contributed by atoms with Crippen molar-refractivity contribution >= 4 is 68.6 Å². The van der Waals surface area contributed by atoms with Crippen LogP contribution < -0.4 is 8.15 Å². The van der Waals surface area contributed by atoms with E-state index in [-0.39, 0.29) is 5.41 Å². The quantitative estimate of drug-likeness (QED) is 0.149. The van der Waals surface area contributed by atoms with Crippen LogP contribution in [-0.2, 0) is 5.41 Å². The van der Waals surface area contributed by atoms with Gasteiger partial charge >= 0.3 is 229 Å². The van der Waals surface area contributed by atoms with Crippen molar-refractivity contribution in [2.75, 3.05) is 4.90 Å². The molecule has 0 atom stereocenters. The predicted molar refractivity (Wildman–Crippen MR) is 224 cm³/mol. The number of hydrogen-bond donors (Lipinski definition) is 0. The zero-order valence-corrected chi connectivity index (χ0v) is 34.7. The number of benzene rings is 6. The summed E-state index contributed by atoms with van der Waals surface area (Å²) < 4.78 is 3.84. The first kappa shape index (κ1) is 33.3. The first-order valence-electron chi connectivity index (χ1n) is 18.2. The summed E-state index contributed by atoms with van der Waals surface area (Å²) >= 11 is 0.664. The van der Waals surface area contributed by atoms with E-state index in [9.17, 15) is 0 Å². The van der Waals surface area contributed by atoms with Crippen molar-refractivity contribution in [1.29, 1.82) is 0 Å². The molecule has 0 N–H and O–H groups in total. The third-order valence-corrected chi connectivity index (χ3v) is 13.1. The Kier molecular flexibility index (Phi) is 8.47.